The maximum Gasteiger partial charge on any atom is 0.271 e. The van der Waals surface area contributed by atoms with E-state index in [0.717, 1.165) is 15.1 Å². The lowest BCUT2D eigenvalue weighted by molar-refractivity contribution is 0.415. The first-order chi connectivity index (χ1) is 7.49. The Morgan fingerprint density at radius 2 is 2.25 bits per heavy atom. The predicted molar refractivity (Wildman–Crippen MR) is 64.1 cm³/mol. The molecule has 2 aromatic rings. The minimum Gasteiger partial charge on any atom is -0.362 e. The van der Waals surface area contributed by atoms with E-state index >= 15 is 0 Å². The molecule has 0 unspecified atom stereocenters. The molecule has 0 atom stereocenters. The molecule has 0 bridgehead atoms. The zero-order valence-corrected chi connectivity index (χ0v) is 11.3. The number of hydrogen-bond donors (Lipinski definition) is 1. The molecule has 0 saturated carbocycles. The quantitative estimate of drug-likeness (QED) is 0.942. The van der Waals surface area contributed by atoms with Crippen molar-refractivity contribution in [1.82, 2.24) is 5.16 Å². The average molecular weight is 323 g/mol. The first-order valence-corrected chi connectivity index (χ1v) is 7.27. The number of nitrogens with one attached hydrogen (secondary N) is 1. The van der Waals surface area contributed by atoms with E-state index in [9.17, 15) is 8.42 Å². The number of hydrogen-bond acceptors (Lipinski definition) is 5. The summed E-state index contributed by atoms with van der Waals surface area (Å²) in [4.78, 5) is 0. The molecule has 0 aliphatic carbocycles. The van der Waals surface area contributed by atoms with Gasteiger partial charge >= 0.3 is 0 Å². The summed E-state index contributed by atoms with van der Waals surface area (Å²) >= 11 is 4.35. The molecule has 2 rings (SSSR count). The van der Waals surface area contributed by atoms with Gasteiger partial charge in [-0.15, -0.1) is 11.3 Å². The van der Waals surface area contributed by atoms with E-state index in [1.807, 2.05) is 0 Å². The summed E-state index contributed by atoms with van der Waals surface area (Å²) < 4.78 is 31.8. The van der Waals surface area contributed by atoms with Crippen molar-refractivity contribution in [3.63, 3.8) is 0 Å². The molecular formula is C8H7BrN2O3S2. The van der Waals surface area contributed by atoms with Gasteiger partial charge in [-0.3, -0.25) is 4.72 Å². The Bertz CT molecular complexity index is 602. The number of rotatable bonds is 3. The van der Waals surface area contributed by atoms with Crippen LogP contribution in [0.2, 0.25) is 0 Å². The molecule has 2 heterocycles. The van der Waals surface area contributed by atoms with Gasteiger partial charge < -0.3 is 4.52 Å². The lowest BCUT2D eigenvalue weighted by Gasteiger charge is -2.02. The summed E-state index contributed by atoms with van der Waals surface area (Å²) in [5.74, 6) is 0. The third-order valence-corrected chi connectivity index (χ3v) is 5.29. The van der Waals surface area contributed by atoms with E-state index in [1.165, 1.54) is 12.3 Å². The SMILES string of the molecule is Cc1nocc1NS(=O)(=O)c1ccc(Br)s1. The van der Waals surface area contributed by atoms with Crippen molar-refractivity contribution in [3.05, 3.63) is 27.9 Å². The van der Waals surface area contributed by atoms with E-state index in [-0.39, 0.29) is 4.21 Å². The van der Waals surface area contributed by atoms with Gasteiger partial charge in [0.2, 0.25) is 0 Å². The highest BCUT2D eigenvalue weighted by Crippen LogP contribution is 2.28. The van der Waals surface area contributed by atoms with Crippen molar-refractivity contribution in [1.29, 1.82) is 0 Å². The van der Waals surface area contributed by atoms with Crippen LogP contribution < -0.4 is 4.72 Å². The second-order valence-corrected chi connectivity index (χ2v) is 7.35. The van der Waals surface area contributed by atoms with Gasteiger partial charge in [-0.05, 0) is 35.0 Å². The summed E-state index contributed by atoms with van der Waals surface area (Å²) in [6.07, 6.45) is 1.26. The maximum atomic E-state index is 11.9. The molecule has 0 aliphatic heterocycles. The van der Waals surface area contributed by atoms with Crippen LogP contribution in [0.4, 0.5) is 5.69 Å². The Labute approximate surface area is 105 Å². The standard InChI is InChI=1S/C8H7BrN2O3S2/c1-5-6(4-14-10-5)11-16(12,13)8-3-2-7(9)15-8/h2-4,11H,1H3. The van der Waals surface area contributed by atoms with Crippen LogP contribution in [0.3, 0.4) is 0 Å². The van der Waals surface area contributed by atoms with Gasteiger partial charge in [0.25, 0.3) is 10.0 Å². The minimum absolute atomic E-state index is 0.236. The normalized spacial score (nSPS) is 11.6. The molecule has 0 spiro atoms. The number of anilines is 1. The lowest BCUT2D eigenvalue weighted by Crippen LogP contribution is -2.11. The van der Waals surface area contributed by atoms with Crippen LogP contribution in [0.25, 0.3) is 0 Å². The van der Waals surface area contributed by atoms with Crippen LogP contribution >= 0.6 is 27.3 Å². The highest BCUT2D eigenvalue weighted by atomic mass is 79.9. The van der Waals surface area contributed by atoms with Crippen LogP contribution in [0.15, 0.2) is 30.9 Å². The van der Waals surface area contributed by atoms with Crippen molar-refractivity contribution in [2.45, 2.75) is 11.1 Å². The molecule has 5 nitrogen and oxygen atoms in total. The van der Waals surface area contributed by atoms with Gasteiger partial charge in [0.05, 0.1) is 3.79 Å². The number of halogens is 1. The van der Waals surface area contributed by atoms with Crippen molar-refractivity contribution in [3.8, 4) is 0 Å². The smallest absolute Gasteiger partial charge is 0.271 e. The fraction of sp³-hybridized carbons (Fsp3) is 0.125. The van der Waals surface area contributed by atoms with Gasteiger partial charge in [0.1, 0.15) is 21.9 Å². The molecule has 0 radical (unpaired) electrons. The first-order valence-electron chi connectivity index (χ1n) is 4.18. The Morgan fingerprint density at radius 1 is 1.50 bits per heavy atom. The van der Waals surface area contributed by atoms with Crippen molar-refractivity contribution < 1.29 is 12.9 Å². The molecule has 16 heavy (non-hydrogen) atoms. The Hall–Kier alpha value is -0.860. The van der Waals surface area contributed by atoms with Gasteiger partial charge in [-0.25, -0.2) is 8.42 Å². The summed E-state index contributed by atoms with van der Waals surface area (Å²) in [5.41, 5.74) is 0.851. The molecule has 0 saturated heterocycles. The summed E-state index contributed by atoms with van der Waals surface area (Å²) in [5, 5.41) is 3.59. The van der Waals surface area contributed by atoms with E-state index in [2.05, 4.69) is 30.3 Å². The third-order valence-electron chi connectivity index (χ3n) is 1.81. The maximum absolute atomic E-state index is 11.9. The monoisotopic (exact) mass is 322 g/mol. The molecule has 8 heteroatoms. The van der Waals surface area contributed by atoms with Gasteiger partial charge in [-0.1, -0.05) is 5.16 Å². The zero-order chi connectivity index (χ0) is 11.8. The highest BCUT2D eigenvalue weighted by molar-refractivity contribution is 9.11. The topological polar surface area (TPSA) is 72.2 Å². The van der Waals surface area contributed by atoms with E-state index in [1.54, 1.807) is 13.0 Å². The minimum atomic E-state index is -3.55. The Morgan fingerprint density at radius 3 is 2.75 bits per heavy atom. The van der Waals surface area contributed by atoms with Crippen LogP contribution in [0.1, 0.15) is 5.69 Å². The molecule has 1 N–H and O–H groups in total. The third kappa shape index (κ3) is 2.28. The Kier molecular flexibility index (Phi) is 3.04. The number of aromatic nitrogens is 1. The van der Waals surface area contributed by atoms with Crippen LogP contribution in [-0.2, 0) is 10.0 Å². The molecule has 2 aromatic heterocycles. The second-order valence-electron chi connectivity index (χ2n) is 2.98. The molecule has 0 fully saturated rings. The molecule has 0 amide bonds. The second kappa shape index (κ2) is 4.19. The van der Waals surface area contributed by atoms with Crippen molar-refractivity contribution >= 4 is 43.0 Å². The highest BCUT2D eigenvalue weighted by Gasteiger charge is 2.18. The van der Waals surface area contributed by atoms with Gasteiger partial charge in [-0.2, -0.15) is 0 Å². The fourth-order valence-corrected chi connectivity index (χ4v) is 4.14. The van der Waals surface area contributed by atoms with Crippen molar-refractivity contribution in [2.24, 2.45) is 0 Å². The molecule has 86 valence electrons. The largest absolute Gasteiger partial charge is 0.362 e. The molecular weight excluding hydrogens is 316 g/mol. The van der Waals surface area contributed by atoms with E-state index < -0.39 is 10.0 Å². The van der Waals surface area contributed by atoms with E-state index in [0.29, 0.717) is 11.4 Å². The lowest BCUT2D eigenvalue weighted by atomic mass is 10.4. The first kappa shape index (κ1) is 11.6. The van der Waals surface area contributed by atoms with E-state index in [4.69, 9.17) is 0 Å². The summed E-state index contributed by atoms with van der Waals surface area (Å²) in [6.45, 7) is 1.66. The summed E-state index contributed by atoms with van der Waals surface area (Å²) in [6, 6.07) is 3.21. The van der Waals surface area contributed by atoms with Crippen LogP contribution in [0.5, 0.6) is 0 Å². The van der Waals surface area contributed by atoms with Gasteiger partial charge in [0.15, 0.2) is 0 Å². The Balaban J connectivity index is 2.31. The van der Waals surface area contributed by atoms with Crippen LogP contribution in [-0.4, -0.2) is 13.6 Å². The number of sulfonamides is 1. The molecule has 0 aliphatic rings. The number of nitrogens with zero attached hydrogens (tertiary/aromatic N) is 1. The summed E-state index contributed by atoms with van der Waals surface area (Å²) in [7, 11) is -3.55. The van der Waals surface area contributed by atoms with Crippen molar-refractivity contribution in [2.75, 3.05) is 4.72 Å². The van der Waals surface area contributed by atoms with Crippen LogP contribution in [0, 0.1) is 6.92 Å². The number of aryl methyl sites for hydroxylation is 1. The predicted octanol–water partition coefficient (Wildman–Crippen LogP) is 2.61. The zero-order valence-electron chi connectivity index (χ0n) is 8.10. The molecule has 0 aromatic carbocycles. The number of thiophene rings is 1. The fourth-order valence-electron chi connectivity index (χ4n) is 1.03. The van der Waals surface area contributed by atoms with Gasteiger partial charge in [0, 0.05) is 0 Å². The average Bonchev–Trinajstić information content (AvgIpc) is 2.77.